The van der Waals surface area contributed by atoms with Crippen LogP contribution in [0.5, 0.6) is 0 Å². The molecule has 12 rings (SSSR count). The lowest BCUT2D eigenvalue weighted by Crippen LogP contribution is -2.29. The second-order valence-corrected chi connectivity index (χ2v) is 18.0. The highest BCUT2D eigenvalue weighted by molar-refractivity contribution is 6.05. The van der Waals surface area contributed by atoms with Crippen LogP contribution in [-0.2, 0) is 10.8 Å². The van der Waals surface area contributed by atoms with E-state index in [4.69, 9.17) is 0 Å². The van der Waals surface area contributed by atoms with E-state index in [1.165, 1.54) is 89.0 Å². The van der Waals surface area contributed by atoms with Crippen LogP contribution in [0, 0.1) is 0 Å². The van der Waals surface area contributed by atoms with Crippen LogP contribution >= 0.6 is 0 Å². The smallest absolute Gasteiger partial charge is 0.0713 e. The van der Waals surface area contributed by atoms with Gasteiger partial charge in [0.25, 0.3) is 0 Å². The molecule has 0 saturated heterocycles. The van der Waals surface area contributed by atoms with E-state index in [9.17, 15) is 0 Å². The van der Waals surface area contributed by atoms with Crippen molar-refractivity contribution in [1.82, 2.24) is 0 Å². The first-order chi connectivity index (χ1) is 32.0. The third-order valence-corrected chi connectivity index (χ3v) is 14.2. The molecule has 0 spiro atoms. The van der Waals surface area contributed by atoms with Gasteiger partial charge in [-0.2, -0.15) is 0 Å². The van der Waals surface area contributed by atoms with Gasteiger partial charge in [-0.3, -0.25) is 0 Å². The summed E-state index contributed by atoms with van der Waals surface area (Å²) in [5.74, 6) is 0. The highest BCUT2D eigenvalue weighted by atomic mass is 15.1. The molecule has 0 N–H and O–H groups in total. The van der Waals surface area contributed by atoms with Crippen molar-refractivity contribution in [1.29, 1.82) is 0 Å². The molecular weight excluding hydrogens is 783 g/mol. The minimum atomic E-state index is -0.511. The van der Waals surface area contributed by atoms with Crippen LogP contribution in [0.25, 0.3) is 55.6 Å². The molecule has 2 aliphatic rings. The van der Waals surface area contributed by atoms with Gasteiger partial charge in [0, 0.05) is 22.5 Å². The predicted octanol–water partition coefficient (Wildman–Crippen LogP) is 16.8. The Balaban J connectivity index is 1.04. The molecule has 0 amide bonds. The zero-order valence-electron chi connectivity index (χ0n) is 36.6. The molecule has 2 aliphatic carbocycles. The fourth-order valence-corrected chi connectivity index (χ4v) is 11.1. The van der Waals surface area contributed by atoms with Crippen molar-refractivity contribution >= 4 is 17.1 Å². The normalized spacial score (nSPS) is 13.6. The zero-order chi connectivity index (χ0) is 43.5. The summed E-state index contributed by atoms with van der Waals surface area (Å²) >= 11 is 0. The van der Waals surface area contributed by atoms with Gasteiger partial charge in [0.1, 0.15) is 0 Å². The van der Waals surface area contributed by atoms with Crippen LogP contribution in [0.1, 0.15) is 47.2 Å². The Hall–Kier alpha value is -8.00. The second-order valence-electron chi connectivity index (χ2n) is 18.0. The first-order valence-electron chi connectivity index (χ1n) is 22.8. The average Bonchev–Trinajstić information content (AvgIpc) is 3.80. The van der Waals surface area contributed by atoms with E-state index >= 15 is 0 Å². The third-order valence-electron chi connectivity index (χ3n) is 14.2. The molecule has 308 valence electrons. The monoisotopic (exact) mass is 829 g/mol. The van der Waals surface area contributed by atoms with Crippen LogP contribution in [0.4, 0.5) is 17.1 Å². The number of hydrogen-bond acceptors (Lipinski definition) is 1. The fraction of sp³-hybridized carbons (Fsp3) is 0.0625. The van der Waals surface area contributed by atoms with Crippen molar-refractivity contribution in [2.45, 2.75) is 24.7 Å². The maximum atomic E-state index is 2.59. The number of nitrogens with zero attached hydrogens (tertiary/aromatic N) is 1. The maximum Gasteiger partial charge on any atom is 0.0713 e. The van der Waals surface area contributed by atoms with Crippen LogP contribution in [0.3, 0.4) is 0 Å². The van der Waals surface area contributed by atoms with E-state index in [1.54, 1.807) is 0 Å². The van der Waals surface area contributed by atoms with Crippen molar-refractivity contribution in [3.8, 4) is 55.6 Å². The highest BCUT2D eigenvalue weighted by Gasteiger charge is 2.50. The molecule has 0 unspecified atom stereocenters. The van der Waals surface area contributed by atoms with Crippen LogP contribution in [-0.4, -0.2) is 0 Å². The van der Waals surface area contributed by atoms with Gasteiger partial charge in [-0.25, -0.2) is 0 Å². The minimum absolute atomic E-state index is 0.314. The first kappa shape index (κ1) is 38.7. The Labute approximate surface area is 382 Å². The Morgan fingerprint density at radius 2 is 0.692 bits per heavy atom. The standard InChI is InChI=1S/C64H47N/c1-63(2)57-42-53(65(51-28-16-7-17-29-51)52-38-36-47(37-39-52)46-34-32-45(33-35-46)44-20-8-3-9-21-44)40-41-55(57)61-58(63)43-59-62(60(61)48-22-10-4-11-23-48)54-30-18-19-31-56(54)64(59,49-24-12-5-13-25-49)50-26-14-6-15-27-50/h3-43H,1-2H3. The van der Waals surface area contributed by atoms with Crippen LogP contribution in [0.2, 0.25) is 0 Å². The van der Waals surface area contributed by atoms with E-state index < -0.39 is 5.41 Å². The van der Waals surface area contributed by atoms with E-state index in [0.717, 1.165) is 17.1 Å². The number of para-hydroxylation sites is 1. The lowest BCUT2D eigenvalue weighted by atomic mass is 9.66. The Kier molecular flexibility index (Phi) is 9.14. The number of fused-ring (bicyclic) bond motifs is 6. The molecule has 65 heavy (non-hydrogen) atoms. The second kappa shape index (κ2) is 15.4. The summed E-state index contributed by atoms with van der Waals surface area (Å²) in [5, 5.41) is 0. The average molecular weight is 830 g/mol. The number of rotatable bonds is 8. The molecule has 0 fully saturated rings. The van der Waals surface area contributed by atoms with Crippen LogP contribution < -0.4 is 4.90 Å². The summed E-state index contributed by atoms with van der Waals surface area (Å²) in [6.07, 6.45) is 0. The first-order valence-corrected chi connectivity index (χ1v) is 22.8. The van der Waals surface area contributed by atoms with Crippen molar-refractivity contribution in [3.63, 3.8) is 0 Å². The zero-order valence-corrected chi connectivity index (χ0v) is 36.6. The Morgan fingerprint density at radius 1 is 0.277 bits per heavy atom. The maximum absolute atomic E-state index is 2.59. The van der Waals surface area contributed by atoms with Crippen molar-refractivity contribution in [3.05, 3.63) is 282 Å². The lowest BCUT2D eigenvalue weighted by Gasteiger charge is -2.35. The quantitative estimate of drug-likeness (QED) is 0.147. The van der Waals surface area contributed by atoms with Crippen molar-refractivity contribution in [2.75, 3.05) is 4.90 Å². The van der Waals surface area contributed by atoms with E-state index in [0.29, 0.717) is 0 Å². The van der Waals surface area contributed by atoms with Gasteiger partial charge in [0.2, 0.25) is 0 Å². The van der Waals surface area contributed by atoms with Gasteiger partial charge in [-0.1, -0.05) is 226 Å². The molecule has 1 heteroatoms. The molecule has 0 radical (unpaired) electrons. The fourth-order valence-electron chi connectivity index (χ4n) is 11.1. The summed E-state index contributed by atoms with van der Waals surface area (Å²) in [4.78, 5) is 2.41. The minimum Gasteiger partial charge on any atom is -0.310 e. The molecule has 10 aromatic carbocycles. The van der Waals surface area contributed by atoms with Gasteiger partial charge in [-0.05, 0) is 125 Å². The molecule has 0 aromatic heterocycles. The molecule has 1 nitrogen and oxygen atoms in total. The molecule has 0 aliphatic heterocycles. The van der Waals surface area contributed by atoms with Crippen molar-refractivity contribution in [2.24, 2.45) is 0 Å². The van der Waals surface area contributed by atoms with Gasteiger partial charge < -0.3 is 4.90 Å². The number of benzene rings is 10. The summed E-state index contributed by atoms with van der Waals surface area (Å²) in [6.45, 7) is 4.87. The van der Waals surface area contributed by atoms with E-state index in [1.807, 2.05) is 0 Å². The summed E-state index contributed by atoms with van der Waals surface area (Å²) in [7, 11) is 0. The molecule has 0 saturated carbocycles. The van der Waals surface area contributed by atoms with Gasteiger partial charge in [0.15, 0.2) is 0 Å². The molecule has 0 atom stereocenters. The van der Waals surface area contributed by atoms with Crippen LogP contribution in [0.15, 0.2) is 249 Å². The largest absolute Gasteiger partial charge is 0.310 e. The van der Waals surface area contributed by atoms with Gasteiger partial charge in [0.05, 0.1) is 5.41 Å². The molecule has 10 aromatic rings. The SMILES string of the molecule is CC1(C)c2cc(N(c3ccccc3)c3ccc(-c4ccc(-c5ccccc5)cc4)cc3)ccc2-c2c1cc1c(c2-c2ccccc2)-c2ccccc2C1(c1ccccc1)c1ccccc1. The molecule has 0 bridgehead atoms. The topological polar surface area (TPSA) is 3.24 Å². The molecule has 0 heterocycles. The lowest BCUT2D eigenvalue weighted by molar-refractivity contribution is 0.656. The molecular formula is C64H47N. The number of hydrogen-bond donors (Lipinski definition) is 0. The highest BCUT2D eigenvalue weighted by Crippen LogP contribution is 2.64. The summed E-state index contributed by atoms with van der Waals surface area (Å²) in [6, 6.07) is 91.8. The van der Waals surface area contributed by atoms with E-state index in [-0.39, 0.29) is 5.41 Å². The Morgan fingerprint density at radius 3 is 1.28 bits per heavy atom. The third kappa shape index (κ3) is 6.07. The van der Waals surface area contributed by atoms with Gasteiger partial charge >= 0.3 is 0 Å². The summed E-state index contributed by atoms with van der Waals surface area (Å²) < 4.78 is 0. The van der Waals surface area contributed by atoms with Gasteiger partial charge in [-0.15, -0.1) is 0 Å². The Bertz CT molecular complexity index is 3300. The predicted molar refractivity (Wildman–Crippen MR) is 272 cm³/mol. The van der Waals surface area contributed by atoms with E-state index in [2.05, 4.69) is 267 Å². The summed E-state index contributed by atoms with van der Waals surface area (Å²) in [5.41, 5.74) is 23.1. The van der Waals surface area contributed by atoms with Crippen molar-refractivity contribution < 1.29 is 0 Å². The number of anilines is 3.